The SMILES string of the molecule is NC1C=C(Cc2cn3ccsc3n2)CCCC1. The van der Waals surface area contributed by atoms with Crippen LogP contribution in [0.4, 0.5) is 0 Å². The second-order valence-corrected chi connectivity index (χ2v) is 5.61. The highest BCUT2D eigenvalue weighted by Gasteiger charge is 2.10. The Morgan fingerprint density at radius 2 is 2.41 bits per heavy atom. The lowest BCUT2D eigenvalue weighted by atomic mass is 10.1. The Morgan fingerprint density at radius 1 is 1.47 bits per heavy atom. The van der Waals surface area contributed by atoms with Crippen LogP contribution in [-0.4, -0.2) is 15.4 Å². The summed E-state index contributed by atoms with van der Waals surface area (Å²) >= 11 is 1.68. The normalized spacial score (nSPS) is 21.5. The van der Waals surface area contributed by atoms with Crippen molar-refractivity contribution in [3.8, 4) is 0 Å². The van der Waals surface area contributed by atoms with Gasteiger partial charge in [0.05, 0.1) is 5.69 Å². The van der Waals surface area contributed by atoms with E-state index in [0.29, 0.717) is 0 Å². The van der Waals surface area contributed by atoms with Gasteiger partial charge in [-0.1, -0.05) is 18.1 Å². The first-order valence-electron chi connectivity index (χ1n) is 6.17. The zero-order chi connectivity index (χ0) is 11.7. The maximum Gasteiger partial charge on any atom is 0.193 e. The fourth-order valence-corrected chi connectivity index (χ4v) is 3.16. The Morgan fingerprint density at radius 3 is 3.29 bits per heavy atom. The second kappa shape index (κ2) is 4.63. The summed E-state index contributed by atoms with van der Waals surface area (Å²) in [6.45, 7) is 0. The molecule has 1 atom stereocenters. The number of thiazole rings is 1. The molecule has 4 heteroatoms. The van der Waals surface area contributed by atoms with Crippen molar-refractivity contribution in [2.45, 2.75) is 38.1 Å². The van der Waals surface area contributed by atoms with Gasteiger partial charge in [0, 0.05) is 30.2 Å². The molecule has 2 aromatic heterocycles. The first kappa shape index (κ1) is 11.0. The summed E-state index contributed by atoms with van der Waals surface area (Å²) in [4.78, 5) is 5.70. The maximum atomic E-state index is 6.03. The minimum absolute atomic E-state index is 0.247. The third-order valence-electron chi connectivity index (χ3n) is 3.29. The lowest BCUT2D eigenvalue weighted by molar-refractivity contribution is 0.654. The van der Waals surface area contributed by atoms with Crippen LogP contribution in [0.15, 0.2) is 29.4 Å². The molecule has 1 unspecified atom stereocenters. The molecule has 0 aliphatic heterocycles. The van der Waals surface area contributed by atoms with E-state index in [-0.39, 0.29) is 6.04 Å². The minimum atomic E-state index is 0.247. The number of rotatable bonds is 2. The summed E-state index contributed by atoms with van der Waals surface area (Å²) in [5.41, 5.74) is 8.66. The lowest BCUT2D eigenvalue weighted by Crippen LogP contribution is -2.16. The fraction of sp³-hybridized carbons (Fsp3) is 0.462. The van der Waals surface area contributed by atoms with Crippen LogP contribution in [0.1, 0.15) is 31.4 Å². The molecule has 3 rings (SSSR count). The van der Waals surface area contributed by atoms with Crippen molar-refractivity contribution in [3.63, 3.8) is 0 Å². The standard InChI is InChI=1S/C13H17N3S/c14-11-4-2-1-3-10(7-11)8-12-9-16-5-6-17-13(16)15-12/h5-7,9,11H,1-4,8,14H2. The molecule has 2 N–H and O–H groups in total. The van der Waals surface area contributed by atoms with E-state index in [1.165, 1.54) is 24.8 Å². The van der Waals surface area contributed by atoms with Crippen LogP contribution >= 0.6 is 11.3 Å². The number of hydrogen-bond acceptors (Lipinski definition) is 3. The molecule has 0 spiro atoms. The third-order valence-corrected chi connectivity index (χ3v) is 4.06. The lowest BCUT2D eigenvalue weighted by Gasteiger charge is -2.04. The highest BCUT2D eigenvalue weighted by Crippen LogP contribution is 2.21. The monoisotopic (exact) mass is 247 g/mol. The number of nitrogens with two attached hydrogens (primary N) is 1. The van der Waals surface area contributed by atoms with E-state index in [2.05, 4.69) is 33.2 Å². The molecule has 0 saturated heterocycles. The molecule has 2 heterocycles. The Hall–Kier alpha value is -1.13. The van der Waals surface area contributed by atoms with Crippen LogP contribution in [-0.2, 0) is 6.42 Å². The maximum absolute atomic E-state index is 6.03. The first-order chi connectivity index (χ1) is 8.31. The van der Waals surface area contributed by atoms with Crippen LogP contribution in [0.5, 0.6) is 0 Å². The van der Waals surface area contributed by atoms with Crippen LogP contribution in [0.25, 0.3) is 4.96 Å². The number of allylic oxidation sites excluding steroid dienone is 1. The molecule has 17 heavy (non-hydrogen) atoms. The largest absolute Gasteiger partial charge is 0.324 e. The van der Waals surface area contributed by atoms with Gasteiger partial charge in [-0.05, 0) is 19.3 Å². The van der Waals surface area contributed by atoms with Gasteiger partial charge in [-0.3, -0.25) is 4.40 Å². The zero-order valence-electron chi connectivity index (χ0n) is 9.80. The Balaban J connectivity index is 1.79. The number of imidazole rings is 1. The quantitative estimate of drug-likeness (QED) is 0.829. The van der Waals surface area contributed by atoms with Crippen molar-refractivity contribution in [1.29, 1.82) is 0 Å². The molecule has 2 aromatic rings. The van der Waals surface area contributed by atoms with Crippen LogP contribution in [0.2, 0.25) is 0 Å². The molecular weight excluding hydrogens is 230 g/mol. The average Bonchev–Trinajstić information content (AvgIpc) is 2.78. The van der Waals surface area contributed by atoms with E-state index < -0.39 is 0 Å². The van der Waals surface area contributed by atoms with Gasteiger partial charge < -0.3 is 5.73 Å². The van der Waals surface area contributed by atoms with Gasteiger partial charge in [-0.2, -0.15) is 0 Å². The number of aromatic nitrogens is 2. The van der Waals surface area contributed by atoms with Crippen LogP contribution in [0, 0.1) is 0 Å². The Labute approximate surface area is 105 Å². The number of hydrogen-bond donors (Lipinski definition) is 1. The molecule has 0 fully saturated rings. The molecular formula is C13H17N3S. The van der Waals surface area contributed by atoms with Crippen molar-refractivity contribution in [2.24, 2.45) is 5.73 Å². The van der Waals surface area contributed by atoms with Crippen molar-refractivity contribution < 1.29 is 0 Å². The third kappa shape index (κ3) is 2.42. The highest BCUT2D eigenvalue weighted by molar-refractivity contribution is 7.15. The van der Waals surface area contributed by atoms with E-state index in [1.807, 2.05) is 0 Å². The van der Waals surface area contributed by atoms with E-state index in [1.54, 1.807) is 11.3 Å². The van der Waals surface area contributed by atoms with E-state index in [9.17, 15) is 0 Å². The van der Waals surface area contributed by atoms with Crippen molar-refractivity contribution in [3.05, 3.63) is 35.1 Å². The number of nitrogens with zero attached hydrogens (tertiary/aromatic N) is 2. The molecule has 1 aliphatic rings. The molecule has 1 aliphatic carbocycles. The molecule has 3 nitrogen and oxygen atoms in total. The topological polar surface area (TPSA) is 43.3 Å². The molecule has 0 saturated carbocycles. The van der Waals surface area contributed by atoms with Crippen molar-refractivity contribution >= 4 is 16.3 Å². The van der Waals surface area contributed by atoms with Crippen molar-refractivity contribution in [1.82, 2.24) is 9.38 Å². The summed E-state index contributed by atoms with van der Waals surface area (Å²) in [5.74, 6) is 0. The predicted octanol–water partition coefficient (Wildman–Crippen LogP) is 2.77. The van der Waals surface area contributed by atoms with E-state index >= 15 is 0 Å². The van der Waals surface area contributed by atoms with E-state index in [0.717, 1.165) is 23.5 Å². The second-order valence-electron chi connectivity index (χ2n) is 4.74. The molecule has 0 bridgehead atoms. The summed E-state index contributed by atoms with van der Waals surface area (Å²) < 4.78 is 2.09. The fourth-order valence-electron chi connectivity index (χ4n) is 2.44. The van der Waals surface area contributed by atoms with Gasteiger partial charge in [-0.15, -0.1) is 11.3 Å². The van der Waals surface area contributed by atoms with Gasteiger partial charge in [0.25, 0.3) is 0 Å². The summed E-state index contributed by atoms with van der Waals surface area (Å²) in [6, 6.07) is 0.247. The summed E-state index contributed by atoms with van der Waals surface area (Å²) in [6.07, 6.45) is 12.2. The predicted molar refractivity (Wildman–Crippen MR) is 71.3 cm³/mol. The van der Waals surface area contributed by atoms with Crippen LogP contribution in [0.3, 0.4) is 0 Å². The zero-order valence-corrected chi connectivity index (χ0v) is 10.6. The Kier molecular flexibility index (Phi) is 2.99. The minimum Gasteiger partial charge on any atom is -0.324 e. The molecule has 90 valence electrons. The van der Waals surface area contributed by atoms with Gasteiger partial charge in [0.2, 0.25) is 0 Å². The smallest absolute Gasteiger partial charge is 0.193 e. The first-order valence-corrected chi connectivity index (χ1v) is 7.05. The average molecular weight is 247 g/mol. The molecule has 0 amide bonds. The highest BCUT2D eigenvalue weighted by atomic mass is 32.1. The Bertz CT molecular complexity index is 509. The summed E-state index contributed by atoms with van der Waals surface area (Å²) in [5, 5.41) is 2.06. The number of fused-ring (bicyclic) bond motifs is 1. The van der Waals surface area contributed by atoms with Gasteiger partial charge >= 0.3 is 0 Å². The van der Waals surface area contributed by atoms with E-state index in [4.69, 9.17) is 5.73 Å². The van der Waals surface area contributed by atoms with Gasteiger partial charge in [0.15, 0.2) is 4.96 Å². The van der Waals surface area contributed by atoms with Gasteiger partial charge in [0.1, 0.15) is 0 Å². The summed E-state index contributed by atoms with van der Waals surface area (Å²) in [7, 11) is 0. The van der Waals surface area contributed by atoms with Gasteiger partial charge in [-0.25, -0.2) is 4.98 Å². The molecule has 0 radical (unpaired) electrons. The van der Waals surface area contributed by atoms with Crippen LogP contribution < -0.4 is 5.73 Å². The van der Waals surface area contributed by atoms with Crippen molar-refractivity contribution in [2.75, 3.05) is 0 Å². The molecule has 0 aromatic carbocycles.